The molecule has 0 spiro atoms. The SMILES string of the molecule is CC(NC1CCCC(O)C1)c1cc(Br)ccc1F. The number of aliphatic hydroxyl groups is 1. The van der Waals surface area contributed by atoms with E-state index in [1.807, 2.05) is 13.0 Å². The Balaban J connectivity index is 2.02. The predicted molar refractivity (Wildman–Crippen MR) is 73.9 cm³/mol. The zero-order valence-corrected chi connectivity index (χ0v) is 12.1. The quantitative estimate of drug-likeness (QED) is 0.894. The van der Waals surface area contributed by atoms with Gasteiger partial charge in [0.2, 0.25) is 0 Å². The molecule has 18 heavy (non-hydrogen) atoms. The summed E-state index contributed by atoms with van der Waals surface area (Å²) in [5.41, 5.74) is 0.671. The molecule has 0 aromatic heterocycles. The van der Waals surface area contributed by atoms with Crippen LogP contribution in [0.1, 0.15) is 44.2 Å². The molecule has 2 rings (SSSR count). The molecule has 1 saturated carbocycles. The van der Waals surface area contributed by atoms with E-state index in [9.17, 15) is 9.50 Å². The number of benzene rings is 1. The van der Waals surface area contributed by atoms with Crippen molar-refractivity contribution < 1.29 is 9.50 Å². The van der Waals surface area contributed by atoms with E-state index in [0.29, 0.717) is 5.56 Å². The van der Waals surface area contributed by atoms with Gasteiger partial charge in [0.25, 0.3) is 0 Å². The number of aliphatic hydroxyl groups excluding tert-OH is 1. The molecule has 1 aromatic carbocycles. The Morgan fingerprint density at radius 1 is 1.44 bits per heavy atom. The maximum absolute atomic E-state index is 13.7. The summed E-state index contributed by atoms with van der Waals surface area (Å²) in [6, 6.07) is 5.23. The maximum atomic E-state index is 13.7. The molecule has 0 amide bonds. The van der Waals surface area contributed by atoms with Gasteiger partial charge in [-0.25, -0.2) is 4.39 Å². The number of hydrogen-bond acceptors (Lipinski definition) is 2. The third-order valence-corrected chi connectivity index (χ3v) is 4.05. The van der Waals surface area contributed by atoms with Crippen LogP contribution in [0.4, 0.5) is 4.39 Å². The van der Waals surface area contributed by atoms with Gasteiger partial charge in [-0.2, -0.15) is 0 Å². The molecule has 1 aliphatic rings. The molecule has 0 bridgehead atoms. The van der Waals surface area contributed by atoms with Crippen LogP contribution in [0.15, 0.2) is 22.7 Å². The summed E-state index contributed by atoms with van der Waals surface area (Å²) in [5.74, 6) is -0.186. The monoisotopic (exact) mass is 315 g/mol. The van der Waals surface area contributed by atoms with E-state index >= 15 is 0 Å². The van der Waals surface area contributed by atoms with E-state index < -0.39 is 0 Å². The molecular formula is C14H19BrFNO. The third kappa shape index (κ3) is 3.53. The first-order chi connectivity index (χ1) is 8.56. The van der Waals surface area contributed by atoms with Crippen molar-refractivity contribution in [1.82, 2.24) is 5.32 Å². The Morgan fingerprint density at radius 2 is 2.22 bits per heavy atom. The standard InChI is InChI=1S/C14H19BrFNO/c1-9(13-7-10(15)5-6-14(13)16)17-11-3-2-4-12(18)8-11/h5-7,9,11-12,17-18H,2-4,8H2,1H3. The van der Waals surface area contributed by atoms with Gasteiger partial charge in [-0.3, -0.25) is 0 Å². The summed E-state index contributed by atoms with van der Waals surface area (Å²) in [6.07, 6.45) is 3.53. The van der Waals surface area contributed by atoms with Crippen molar-refractivity contribution in [3.05, 3.63) is 34.1 Å². The van der Waals surface area contributed by atoms with Crippen LogP contribution in [0, 0.1) is 5.82 Å². The van der Waals surface area contributed by atoms with Crippen LogP contribution in [-0.2, 0) is 0 Å². The van der Waals surface area contributed by atoms with Gasteiger partial charge in [0, 0.05) is 22.1 Å². The maximum Gasteiger partial charge on any atom is 0.128 e. The molecule has 4 heteroatoms. The average Bonchev–Trinajstić information content (AvgIpc) is 2.32. The molecule has 100 valence electrons. The molecule has 1 fully saturated rings. The first-order valence-corrected chi connectivity index (χ1v) is 7.24. The molecule has 3 atom stereocenters. The lowest BCUT2D eigenvalue weighted by Gasteiger charge is -2.29. The first-order valence-electron chi connectivity index (χ1n) is 6.45. The Labute approximate surface area is 116 Å². The molecule has 1 aliphatic carbocycles. The van der Waals surface area contributed by atoms with Gasteiger partial charge in [0.1, 0.15) is 5.82 Å². The fourth-order valence-corrected chi connectivity index (χ4v) is 2.98. The van der Waals surface area contributed by atoms with Gasteiger partial charge in [-0.15, -0.1) is 0 Å². The summed E-state index contributed by atoms with van der Waals surface area (Å²) < 4.78 is 14.6. The van der Waals surface area contributed by atoms with Crippen molar-refractivity contribution in [3.8, 4) is 0 Å². The second-order valence-electron chi connectivity index (χ2n) is 5.07. The Hall–Kier alpha value is -0.450. The van der Waals surface area contributed by atoms with Crippen LogP contribution in [-0.4, -0.2) is 17.3 Å². The number of hydrogen-bond donors (Lipinski definition) is 2. The second kappa shape index (κ2) is 6.13. The van der Waals surface area contributed by atoms with Crippen LogP contribution < -0.4 is 5.32 Å². The molecule has 0 radical (unpaired) electrons. The van der Waals surface area contributed by atoms with Gasteiger partial charge >= 0.3 is 0 Å². The highest BCUT2D eigenvalue weighted by Gasteiger charge is 2.22. The van der Waals surface area contributed by atoms with E-state index in [4.69, 9.17) is 0 Å². The normalized spacial score (nSPS) is 26.0. The minimum atomic E-state index is -0.212. The molecular weight excluding hydrogens is 297 g/mol. The zero-order valence-electron chi connectivity index (χ0n) is 10.5. The van der Waals surface area contributed by atoms with Crippen LogP contribution in [0.25, 0.3) is 0 Å². The Morgan fingerprint density at radius 3 is 2.94 bits per heavy atom. The van der Waals surface area contributed by atoms with Crippen LogP contribution in [0.2, 0.25) is 0 Å². The predicted octanol–water partition coefficient (Wildman–Crippen LogP) is 3.54. The fraction of sp³-hybridized carbons (Fsp3) is 0.571. The van der Waals surface area contributed by atoms with Crippen molar-refractivity contribution in [2.75, 3.05) is 0 Å². The summed E-state index contributed by atoms with van der Waals surface area (Å²) >= 11 is 3.36. The highest BCUT2D eigenvalue weighted by molar-refractivity contribution is 9.10. The lowest BCUT2D eigenvalue weighted by molar-refractivity contribution is 0.109. The largest absolute Gasteiger partial charge is 0.393 e. The molecule has 1 aromatic rings. The van der Waals surface area contributed by atoms with E-state index in [2.05, 4.69) is 21.2 Å². The average molecular weight is 316 g/mol. The zero-order chi connectivity index (χ0) is 13.1. The van der Waals surface area contributed by atoms with E-state index in [1.54, 1.807) is 6.07 Å². The minimum Gasteiger partial charge on any atom is -0.393 e. The van der Waals surface area contributed by atoms with Crippen LogP contribution >= 0.6 is 15.9 Å². The van der Waals surface area contributed by atoms with Crippen molar-refractivity contribution in [2.45, 2.75) is 50.8 Å². The van der Waals surface area contributed by atoms with Crippen molar-refractivity contribution in [2.24, 2.45) is 0 Å². The van der Waals surface area contributed by atoms with Gasteiger partial charge < -0.3 is 10.4 Å². The number of nitrogens with one attached hydrogen (secondary N) is 1. The van der Waals surface area contributed by atoms with Crippen molar-refractivity contribution >= 4 is 15.9 Å². The summed E-state index contributed by atoms with van der Waals surface area (Å²) in [5, 5.41) is 13.1. The fourth-order valence-electron chi connectivity index (χ4n) is 2.61. The molecule has 2 nitrogen and oxygen atoms in total. The van der Waals surface area contributed by atoms with Gasteiger partial charge in [0.05, 0.1) is 6.10 Å². The van der Waals surface area contributed by atoms with Crippen molar-refractivity contribution in [3.63, 3.8) is 0 Å². The highest BCUT2D eigenvalue weighted by atomic mass is 79.9. The first kappa shape index (κ1) is 14.0. The van der Waals surface area contributed by atoms with Crippen LogP contribution in [0.3, 0.4) is 0 Å². The molecule has 3 unspecified atom stereocenters. The van der Waals surface area contributed by atoms with E-state index in [0.717, 1.165) is 30.2 Å². The number of rotatable bonds is 3. The van der Waals surface area contributed by atoms with Gasteiger partial charge in [0.15, 0.2) is 0 Å². The lowest BCUT2D eigenvalue weighted by atomic mass is 9.92. The smallest absolute Gasteiger partial charge is 0.128 e. The summed E-state index contributed by atoms with van der Waals surface area (Å²) in [7, 11) is 0. The molecule has 2 N–H and O–H groups in total. The topological polar surface area (TPSA) is 32.3 Å². The lowest BCUT2D eigenvalue weighted by Crippen LogP contribution is -2.37. The minimum absolute atomic E-state index is 0.0437. The third-order valence-electron chi connectivity index (χ3n) is 3.56. The van der Waals surface area contributed by atoms with E-state index in [1.165, 1.54) is 6.07 Å². The molecule has 0 saturated heterocycles. The van der Waals surface area contributed by atoms with Gasteiger partial charge in [-0.05, 0) is 50.8 Å². The van der Waals surface area contributed by atoms with Crippen LogP contribution in [0.5, 0.6) is 0 Å². The van der Waals surface area contributed by atoms with E-state index in [-0.39, 0.29) is 24.0 Å². The molecule has 0 aliphatic heterocycles. The molecule has 0 heterocycles. The summed E-state index contributed by atoms with van der Waals surface area (Å²) in [4.78, 5) is 0. The Kier molecular flexibility index (Phi) is 4.76. The summed E-state index contributed by atoms with van der Waals surface area (Å²) in [6.45, 7) is 1.96. The second-order valence-corrected chi connectivity index (χ2v) is 5.99. The number of halogens is 2. The van der Waals surface area contributed by atoms with Gasteiger partial charge in [-0.1, -0.05) is 15.9 Å². The Bertz CT molecular complexity index is 413. The highest BCUT2D eigenvalue weighted by Crippen LogP contribution is 2.25. The van der Waals surface area contributed by atoms with Crippen molar-refractivity contribution in [1.29, 1.82) is 0 Å².